The van der Waals surface area contributed by atoms with Crippen LogP contribution in [-0.2, 0) is 28.6 Å². The lowest BCUT2D eigenvalue weighted by molar-refractivity contribution is -0.167. The third kappa shape index (κ3) is 46.7. The van der Waals surface area contributed by atoms with Gasteiger partial charge < -0.3 is 14.2 Å². The van der Waals surface area contributed by atoms with Crippen LogP contribution in [0.2, 0.25) is 0 Å². The minimum Gasteiger partial charge on any atom is -0.462 e. The first-order chi connectivity index (χ1) is 29.5. The van der Waals surface area contributed by atoms with Gasteiger partial charge in [0.1, 0.15) is 13.2 Å². The summed E-state index contributed by atoms with van der Waals surface area (Å²) < 4.78 is 16.7. The van der Waals surface area contributed by atoms with Crippen molar-refractivity contribution < 1.29 is 28.6 Å². The summed E-state index contributed by atoms with van der Waals surface area (Å²) in [4.78, 5) is 37.9. The number of hydrogen-bond acceptors (Lipinski definition) is 6. The van der Waals surface area contributed by atoms with Crippen LogP contribution in [0.4, 0.5) is 0 Å². The third-order valence-electron chi connectivity index (χ3n) is 11.4. The first-order valence-corrected chi connectivity index (χ1v) is 26.0. The molecule has 0 aliphatic carbocycles. The average Bonchev–Trinajstić information content (AvgIpc) is 3.24. The highest BCUT2D eigenvalue weighted by molar-refractivity contribution is 5.71. The molecular weight excluding hydrogens is 745 g/mol. The predicted octanol–water partition coefficient (Wildman–Crippen LogP) is 16.9. The summed E-state index contributed by atoms with van der Waals surface area (Å²) in [5.74, 6) is -0.919. The number of unbranched alkanes of at least 4 members (excludes halogenated alkanes) is 31. The monoisotopic (exact) mass is 843 g/mol. The van der Waals surface area contributed by atoms with Gasteiger partial charge in [0.05, 0.1) is 0 Å². The fourth-order valence-electron chi connectivity index (χ4n) is 7.41. The van der Waals surface area contributed by atoms with Crippen molar-refractivity contribution >= 4 is 17.9 Å². The van der Waals surface area contributed by atoms with E-state index in [-0.39, 0.29) is 31.1 Å². The zero-order valence-corrected chi connectivity index (χ0v) is 40.0. The van der Waals surface area contributed by atoms with Gasteiger partial charge in [-0.15, -0.1) is 0 Å². The van der Waals surface area contributed by atoms with Crippen molar-refractivity contribution in [1.29, 1.82) is 0 Å². The lowest BCUT2D eigenvalue weighted by Gasteiger charge is -2.18. The molecule has 0 rings (SSSR count). The number of carbonyl (C=O) groups excluding carboxylic acids is 3. The number of allylic oxidation sites excluding steroid dienone is 6. The van der Waals surface area contributed by atoms with Crippen molar-refractivity contribution in [1.82, 2.24) is 0 Å². The van der Waals surface area contributed by atoms with Crippen molar-refractivity contribution in [3.63, 3.8) is 0 Å². The van der Waals surface area contributed by atoms with Crippen LogP contribution in [0.25, 0.3) is 0 Å². The molecule has 350 valence electrons. The summed E-state index contributed by atoms with van der Waals surface area (Å²) in [6, 6.07) is 0. The normalized spacial score (nSPS) is 12.2. The Kier molecular flexibility index (Phi) is 47.3. The fraction of sp³-hybridized carbons (Fsp3) is 0.833. The van der Waals surface area contributed by atoms with Crippen molar-refractivity contribution in [2.24, 2.45) is 0 Å². The zero-order chi connectivity index (χ0) is 43.7. The molecule has 60 heavy (non-hydrogen) atoms. The van der Waals surface area contributed by atoms with Gasteiger partial charge >= 0.3 is 17.9 Å². The minimum absolute atomic E-state index is 0.0838. The van der Waals surface area contributed by atoms with Crippen LogP contribution in [0.1, 0.15) is 271 Å². The van der Waals surface area contributed by atoms with Crippen molar-refractivity contribution in [2.45, 2.75) is 277 Å². The maximum atomic E-state index is 12.8. The second kappa shape index (κ2) is 49.3. The molecule has 0 bridgehead atoms. The topological polar surface area (TPSA) is 78.9 Å². The lowest BCUT2D eigenvalue weighted by atomic mass is 10.0. The average molecular weight is 843 g/mol. The molecule has 0 saturated carbocycles. The van der Waals surface area contributed by atoms with Crippen LogP contribution in [-0.4, -0.2) is 37.2 Å². The second-order valence-electron chi connectivity index (χ2n) is 17.5. The van der Waals surface area contributed by atoms with E-state index >= 15 is 0 Å². The van der Waals surface area contributed by atoms with Crippen molar-refractivity contribution in [2.75, 3.05) is 13.2 Å². The highest BCUT2D eigenvalue weighted by atomic mass is 16.6. The van der Waals surface area contributed by atoms with Crippen molar-refractivity contribution in [3.05, 3.63) is 36.5 Å². The van der Waals surface area contributed by atoms with Crippen LogP contribution < -0.4 is 0 Å². The van der Waals surface area contributed by atoms with Gasteiger partial charge in [-0.05, 0) is 64.2 Å². The van der Waals surface area contributed by atoms with Gasteiger partial charge in [-0.2, -0.15) is 0 Å². The number of carbonyl (C=O) groups is 3. The Hall–Kier alpha value is -2.37. The number of ether oxygens (including phenoxy) is 3. The highest BCUT2D eigenvalue weighted by Gasteiger charge is 2.19. The van der Waals surface area contributed by atoms with Crippen LogP contribution >= 0.6 is 0 Å². The molecule has 0 aliphatic rings. The zero-order valence-electron chi connectivity index (χ0n) is 40.0. The van der Waals surface area contributed by atoms with E-state index in [1.807, 2.05) is 0 Å². The first kappa shape index (κ1) is 57.6. The van der Waals surface area contributed by atoms with E-state index in [0.29, 0.717) is 19.3 Å². The van der Waals surface area contributed by atoms with Crippen LogP contribution in [0.5, 0.6) is 0 Å². The fourth-order valence-corrected chi connectivity index (χ4v) is 7.41. The Labute approximate surface area is 372 Å². The van der Waals surface area contributed by atoms with Gasteiger partial charge in [0, 0.05) is 19.3 Å². The van der Waals surface area contributed by atoms with Gasteiger partial charge in [-0.3, -0.25) is 14.4 Å². The Morgan fingerprint density at radius 1 is 0.333 bits per heavy atom. The highest BCUT2D eigenvalue weighted by Crippen LogP contribution is 2.16. The van der Waals surface area contributed by atoms with E-state index in [0.717, 1.165) is 83.5 Å². The summed E-state index contributed by atoms with van der Waals surface area (Å²) in [6.45, 7) is 6.57. The molecular formula is C54H98O6. The molecule has 0 aromatic rings. The molecule has 6 heteroatoms. The largest absolute Gasteiger partial charge is 0.462 e. The van der Waals surface area contributed by atoms with Gasteiger partial charge in [-0.25, -0.2) is 0 Å². The SMILES string of the molecule is CCCC/C=C\C=C/CCCCCC(=O)OCC(COC(=O)CCCCCCCCCCCCCCCCCCC)OC(=O)CCCCC/C=C\CCCCCCCCC. The van der Waals surface area contributed by atoms with E-state index in [4.69, 9.17) is 14.2 Å². The smallest absolute Gasteiger partial charge is 0.306 e. The van der Waals surface area contributed by atoms with Crippen LogP contribution in [0.3, 0.4) is 0 Å². The molecule has 0 fully saturated rings. The van der Waals surface area contributed by atoms with Gasteiger partial charge in [-0.1, -0.05) is 224 Å². The summed E-state index contributed by atoms with van der Waals surface area (Å²) in [5.41, 5.74) is 0. The minimum atomic E-state index is -0.786. The number of rotatable bonds is 47. The van der Waals surface area contributed by atoms with E-state index < -0.39 is 6.10 Å². The molecule has 1 atom stereocenters. The molecule has 0 saturated heterocycles. The third-order valence-corrected chi connectivity index (χ3v) is 11.4. The van der Waals surface area contributed by atoms with Gasteiger partial charge in [0.2, 0.25) is 0 Å². The van der Waals surface area contributed by atoms with E-state index in [1.165, 1.54) is 148 Å². The Bertz CT molecular complexity index is 1020. The first-order valence-electron chi connectivity index (χ1n) is 26.0. The van der Waals surface area contributed by atoms with E-state index in [1.54, 1.807) is 0 Å². The molecule has 0 amide bonds. The van der Waals surface area contributed by atoms with Crippen LogP contribution in [0, 0.1) is 0 Å². The summed E-state index contributed by atoms with van der Waals surface area (Å²) in [6.07, 6.45) is 57.0. The Morgan fingerprint density at radius 2 is 0.617 bits per heavy atom. The van der Waals surface area contributed by atoms with E-state index in [9.17, 15) is 14.4 Å². The number of hydrogen-bond donors (Lipinski definition) is 0. The summed E-state index contributed by atoms with van der Waals surface area (Å²) >= 11 is 0. The Balaban J connectivity index is 4.35. The van der Waals surface area contributed by atoms with E-state index in [2.05, 4.69) is 57.2 Å². The molecule has 0 radical (unpaired) electrons. The summed E-state index contributed by atoms with van der Waals surface area (Å²) in [7, 11) is 0. The molecule has 0 aliphatic heterocycles. The predicted molar refractivity (Wildman–Crippen MR) is 256 cm³/mol. The molecule has 0 spiro atoms. The maximum absolute atomic E-state index is 12.8. The maximum Gasteiger partial charge on any atom is 0.306 e. The second-order valence-corrected chi connectivity index (χ2v) is 17.5. The molecule has 1 unspecified atom stereocenters. The van der Waals surface area contributed by atoms with Gasteiger partial charge in [0.15, 0.2) is 6.10 Å². The van der Waals surface area contributed by atoms with Gasteiger partial charge in [0.25, 0.3) is 0 Å². The lowest BCUT2D eigenvalue weighted by Crippen LogP contribution is -2.30. The van der Waals surface area contributed by atoms with Crippen LogP contribution in [0.15, 0.2) is 36.5 Å². The summed E-state index contributed by atoms with van der Waals surface area (Å²) in [5, 5.41) is 0. The molecule has 0 aromatic heterocycles. The number of esters is 3. The molecule has 0 heterocycles. The molecule has 0 N–H and O–H groups in total. The molecule has 0 aromatic carbocycles. The Morgan fingerprint density at radius 3 is 1.00 bits per heavy atom. The quantitative estimate of drug-likeness (QED) is 0.0200. The standard InChI is InChI=1S/C54H98O6/c1-4-7-10-13-16-19-22-24-26-27-28-30-32-35-38-41-44-47-53(56)59-50-51(49-58-52(55)46-43-40-37-34-31-21-18-15-12-9-6-3)60-54(57)48-45-42-39-36-33-29-25-23-20-17-14-11-8-5-2/h15,18,21,29,31,33,51H,4-14,16-17,19-20,22-28,30,32,34-50H2,1-3H3/b18-15-,31-21-,33-29-. The van der Waals surface area contributed by atoms with Crippen molar-refractivity contribution in [3.8, 4) is 0 Å². The molecule has 6 nitrogen and oxygen atoms in total.